The number of hydrogen-bond acceptors (Lipinski definition) is 1. The van der Waals surface area contributed by atoms with Gasteiger partial charge in [-0.15, -0.1) is 0 Å². The minimum Gasteiger partial charge on any atom is -0.293 e. The van der Waals surface area contributed by atoms with E-state index in [2.05, 4.69) is 11.9 Å². The highest BCUT2D eigenvalue weighted by molar-refractivity contribution is 5.79. The first-order chi connectivity index (χ1) is 7.33. The quantitative estimate of drug-likeness (QED) is 0.496. The lowest BCUT2D eigenvalue weighted by Crippen LogP contribution is -1.85. The largest absolute Gasteiger partial charge is 0.293 e. The van der Waals surface area contributed by atoms with E-state index in [9.17, 15) is 4.39 Å². The molecule has 0 saturated heterocycles. The summed E-state index contributed by atoms with van der Waals surface area (Å²) in [5.74, 6) is -0.199. The molecule has 0 aliphatic carbocycles. The van der Waals surface area contributed by atoms with Gasteiger partial charge in [-0.1, -0.05) is 38.3 Å². The van der Waals surface area contributed by atoms with Crippen molar-refractivity contribution in [2.75, 3.05) is 6.54 Å². The standard InChI is InChI=1S/C13H18FN/c1-2-3-4-5-10-15-11-12-6-8-13(14)9-7-12/h6-9,11H,2-5,10H2,1H3. The molecule has 0 heterocycles. The van der Waals surface area contributed by atoms with E-state index in [1.807, 2.05) is 6.21 Å². The molecule has 0 amide bonds. The molecular weight excluding hydrogens is 189 g/mol. The fraction of sp³-hybridized carbons (Fsp3) is 0.462. The number of benzene rings is 1. The molecule has 1 nitrogen and oxygen atoms in total. The van der Waals surface area contributed by atoms with E-state index in [0.717, 1.165) is 18.5 Å². The van der Waals surface area contributed by atoms with E-state index in [4.69, 9.17) is 0 Å². The zero-order valence-electron chi connectivity index (χ0n) is 9.25. The van der Waals surface area contributed by atoms with Gasteiger partial charge in [0.05, 0.1) is 0 Å². The van der Waals surface area contributed by atoms with E-state index in [0.29, 0.717) is 0 Å². The van der Waals surface area contributed by atoms with Gasteiger partial charge in [0.25, 0.3) is 0 Å². The second-order valence-electron chi connectivity index (χ2n) is 3.65. The summed E-state index contributed by atoms with van der Waals surface area (Å²) in [6, 6.07) is 6.40. The third kappa shape index (κ3) is 5.31. The highest BCUT2D eigenvalue weighted by Gasteiger charge is 1.89. The second-order valence-corrected chi connectivity index (χ2v) is 3.65. The third-order valence-electron chi connectivity index (χ3n) is 2.25. The van der Waals surface area contributed by atoms with E-state index in [1.54, 1.807) is 12.1 Å². The van der Waals surface area contributed by atoms with Crippen molar-refractivity contribution in [2.24, 2.45) is 4.99 Å². The summed E-state index contributed by atoms with van der Waals surface area (Å²) in [6.07, 6.45) is 6.74. The SMILES string of the molecule is CCCCCCN=Cc1ccc(F)cc1. The lowest BCUT2D eigenvalue weighted by molar-refractivity contribution is 0.628. The van der Waals surface area contributed by atoms with Crippen LogP contribution in [-0.2, 0) is 0 Å². The average Bonchev–Trinajstić information content (AvgIpc) is 2.26. The van der Waals surface area contributed by atoms with Gasteiger partial charge in [0.1, 0.15) is 5.82 Å². The summed E-state index contributed by atoms with van der Waals surface area (Å²) >= 11 is 0. The van der Waals surface area contributed by atoms with Crippen LogP contribution in [0.4, 0.5) is 4.39 Å². The molecule has 0 N–H and O–H groups in total. The smallest absolute Gasteiger partial charge is 0.123 e. The normalized spacial score (nSPS) is 11.1. The van der Waals surface area contributed by atoms with Crippen LogP contribution < -0.4 is 0 Å². The Hall–Kier alpha value is -1.18. The van der Waals surface area contributed by atoms with Crippen molar-refractivity contribution in [1.82, 2.24) is 0 Å². The molecule has 0 saturated carbocycles. The van der Waals surface area contributed by atoms with E-state index < -0.39 is 0 Å². The van der Waals surface area contributed by atoms with Gasteiger partial charge in [-0.3, -0.25) is 4.99 Å². The van der Waals surface area contributed by atoms with Gasteiger partial charge in [0.2, 0.25) is 0 Å². The van der Waals surface area contributed by atoms with Gasteiger partial charge in [-0.2, -0.15) is 0 Å². The summed E-state index contributed by atoms with van der Waals surface area (Å²) < 4.78 is 12.6. The Morgan fingerprint density at radius 1 is 1.13 bits per heavy atom. The van der Waals surface area contributed by atoms with Crippen molar-refractivity contribution in [3.63, 3.8) is 0 Å². The Bertz CT molecular complexity index is 290. The molecule has 2 heteroatoms. The van der Waals surface area contributed by atoms with Gasteiger partial charge in [0, 0.05) is 12.8 Å². The number of unbranched alkanes of at least 4 members (excludes halogenated alkanes) is 3. The van der Waals surface area contributed by atoms with E-state index >= 15 is 0 Å². The first kappa shape index (κ1) is 11.9. The molecule has 0 spiro atoms. The van der Waals surface area contributed by atoms with Crippen LogP contribution in [0.25, 0.3) is 0 Å². The predicted molar refractivity (Wildman–Crippen MR) is 63.0 cm³/mol. The summed E-state index contributed by atoms with van der Waals surface area (Å²) in [6.45, 7) is 3.07. The second kappa shape index (κ2) is 7.16. The molecule has 0 aliphatic heterocycles. The van der Waals surface area contributed by atoms with Crippen molar-refractivity contribution in [1.29, 1.82) is 0 Å². The van der Waals surface area contributed by atoms with E-state index in [-0.39, 0.29) is 5.82 Å². The van der Waals surface area contributed by atoms with Crippen molar-refractivity contribution in [2.45, 2.75) is 32.6 Å². The summed E-state index contributed by atoms with van der Waals surface area (Å²) in [5.41, 5.74) is 0.965. The number of aliphatic imine (C=N–C) groups is 1. The van der Waals surface area contributed by atoms with Crippen LogP contribution in [0.5, 0.6) is 0 Å². The lowest BCUT2D eigenvalue weighted by atomic mass is 10.2. The molecule has 0 bridgehead atoms. The van der Waals surface area contributed by atoms with Crippen LogP contribution in [-0.4, -0.2) is 12.8 Å². The maximum atomic E-state index is 12.6. The molecule has 0 radical (unpaired) electrons. The predicted octanol–water partition coefficient (Wildman–Crippen LogP) is 3.82. The van der Waals surface area contributed by atoms with Gasteiger partial charge in [0.15, 0.2) is 0 Å². The molecule has 82 valence electrons. The highest BCUT2D eigenvalue weighted by Crippen LogP contribution is 2.01. The van der Waals surface area contributed by atoms with Gasteiger partial charge in [-0.05, 0) is 24.1 Å². The fourth-order valence-electron chi connectivity index (χ4n) is 1.35. The lowest BCUT2D eigenvalue weighted by Gasteiger charge is -1.95. The molecule has 0 aromatic heterocycles. The molecule has 1 rings (SSSR count). The summed E-state index contributed by atoms with van der Waals surface area (Å²) in [4.78, 5) is 4.30. The summed E-state index contributed by atoms with van der Waals surface area (Å²) in [5, 5.41) is 0. The Morgan fingerprint density at radius 2 is 1.87 bits per heavy atom. The number of hydrogen-bond donors (Lipinski definition) is 0. The van der Waals surface area contributed by atoms with Crippen LogP contribution in [0.15, 0.2) is 29.3 Å². The Balaban J connectivity index is 2.23. The van der Waals surface area contributed by atoms with E-state index in [1.165, 1.54) is 31.4 Å². The van der Waals surface area contributed by atoms with Crippen LogP contribution in [0.1, 0.15) is 38.2 Å². The molecule has 0 atom stereocenters. The summed E-state index contributed by atoms with van der Waals surface area (Å²) in [7, 11) is 0. The average molecular weight is 207 g/mol. The van der Waals surface area contributed by atoms with Crippen LogP contribution in [0.3, 0.4) is 0 Å². The number of nitrogens with zero attached hydrogens (tertiary/aromatic N) is 1. The number of rotatable bonds is 6. The molecular formula is C13H18FN. The van der Waals surface area contributed by atoms with Crippen LogP contribution in [0, 0.1) is 5.82 Å². The fourth-order valence-corrected chi connectivity index (χ4v) is 1.35. The molecule has 0 fully saturated rings. The van der Waals surface area contributed by atoms with Crippen molar-refractivity contribution >= 4 is 6.21 Å². The Kier molecular flexibility index (Phi) is 5.67. The van der Waals surface area contributed by atoms with Crippen LogP contribution in [0.2, 0.25) is 0 Å². The minimum atomic E-state index is -0.199. The Labute approximate surface area is 91.0 Å². The first-order valence-electron chi connectivity index (χ1n) is 5.58. The maximum absolute atomic E-state index is 12.6. The molecule has 1 aromatic rings. The highest BCUT2D eigenvalue weighted by atomic mass is 19.1. The monoisotopic (exact) mass is 207 g/mol. The van der Waals surface area contributed by atoms with Crippen molar-refractivity contribution in [3.05, 3.63) is 35.6 Å². The Morgan fingerprint density at radius 3 is 2.53 bits per heavy atom. The number of halogens is 1. The maximum Gasteiger partial charge on any atom is 0.123 e. The topological polar surface area (TPSA) is 12.4 Å². The zero-order chi connectivity index (χ0) is 10.9. The molecule has 15 heavy (non-hydrogen) atoms. The van der Waals surface area contributed by atoms with Crippen LogP contribution >= 0.6 is 0 Å². The molecule has 1 aromatic carbocycles. The first-order valence-corrected chi connectivity index (χ1v) is 5.58. The van der Waals surface area contributed by atoms with Gasteiger partial charge < -0.3 is 0 Å². The molecule has 0 unspecified atom stereocenters. The van der Waals surface area contributed by atoms with Crippen molar-refractivity contribution in [3.8, 4) is 0 Å². The zero-order valence-corrected chi connectivity index (χ0v) is 9.25. The third-order valence-corrected chi connectivity index (χ3v) is 2.25. The molecule has 0 aliphatic rings. The van der Waals surface area contributed by atoms with Gasteiger partial charge in [-0.25, -0.2) is 4.39 Å². The minimum absolute atomic E-state index is 0.199. The van der Waals surface area contributed by atoms with Crippen molar-refractivity contribution < 1.29 is 4.39 Å². The van der Waals surface area contributed by atoms with Gasteiger partial charge >= 0.3 is 0 Å².